The third kappa shape index (κ3) is 1.55. The Kier molecular flexibility index (Phi) is 1.69. The van der Waals surface area contributed by atoms with E-state index in [4.69, 9.17) is 0 Å². The lowest BCUT2D eigenvalue weighted by Gasteiger charge is -1.96. The summed E-state index contributed by atoms with van der Waals surface area (Å²) in [7, 11) is 0. The zero-order valence-corrected chi connectivity index (χ0v) is 6.53. The summed E-state index contributed by atoms with van der Waals surface area (Å²) in [5, 5.41) is 5.42. The van der Waals surface area contributed by atoms with Gasteiger partial charge in [0.15, 0.2) is 0 Å². The number of hydrogen-bond donors (Lipinski definition) is 1. The molecule has 1 aliphatic rings. The van der Waals surface area contributed by atoms with Crippen LogP contribution in [0.25, 0.3) is 0 Å². The van der Waals surface area contributed by atoms with Crippen molar-refractivity contribution in [3.05, 3.63) is 17.1 Å². The Bertz CT molecular complexity index is 191. The fourth-order valence-corrected chi connectivity index (χ4v) is 1.40. The number of nitrogens with zero attached hydrogens (tertiary/aromatic N) is 1. The molecule has 0 aliphatic heterocycles. The van der Waals surface area contributed by atoms with Crippen molar-refractivity contribution in [1.29, 1.82) is 0 Å². The van der Waals surface area contributed by atoms with E-state index in [9.17, 15) is 0 Å². The lowest BCUT2D eigenvalue weighted by molar-refractivity contribution is 0.679. The van der Waals surface area contributed by atoms with Gasteiger partial charge in [-0.2, -0.15) is 4.37 Å². The molecule has 1 fully saturated rings. The van der Waals surface area contributed by atoms with Gasteiger partial charge < -0.3 is 5.32 Å². The first kappa shape index (κ1) is 6.31. The van der Waals surface area contributed by atoms with Gasteiger partial charge in [-0.15, -0.1) is 0 Å². The van der Waals surface area contributed by atoms with Crippen molar-refractivity contribution >= 4 is 11.5 Å². The van der Waals surface area contributed by atoms with E-state index in [-0.39, 0.29) is 0 Å². The van der Waals surface area contributed by atoms with E-state index in [1.165, 1.54) is 30.1 Å². The Labute approximate surface area is 64.4 Å². The minimum Gasteiger partial charge on any atom is -0.308 e. The minimum absolute atomic E-state index is 0.793. The van der Waals surface area contributed by atoms with Gasteiger partial charge in [-0.3, -0.25) is 0 Å². The molecular formula is C7H10N2S. The van der Waals surface area contributed by atoms with Gasteiger partial charge >= 0.3 is 0 Å². The second kappa shape index (κ2) is 2.68. The van der Waals surface area contributed by atoms with Gasteiger partial charge in [0.1, 0.15) is 0 Å². The minimum atomic E-state index is 0.793. The van der Waals surface area contributed by atoms with Crippen LogP contribution >= 0.6 is 11.5 Å². The first-order valence-electron chi connectivity index (χ1n) is 3.58. The van der Waals surface area contributed by atoms with Crippen LogP contribution in [-0.4, -0.2) is 10.4 Å². The van der Waals surface area contributed by atoms with E-state index in [2.05, 4.69) is 15.8 Å². The van der Waals surface area contributed by atoms with E-state index >= 15 is 0 Å². The molecule has 1 aromatic rings. The van der Waals surface area contributed by atoms with Crippen molar-refractivity contribution in [3.8, 4) is 0 Å². The van der Waals surface area contributed by atoms with Crippen molar-refractivity contribution < 1.29 is 0 Å². The summed E-state index contributed by atoms with van der Waals surface area (Å²) >= 11 is 1.52. The summed E-state index contributed by atoms with van der Waals surface area (Å²) in [5.41, 5.74) is 1.18. The van der Waals surface area contributed by atoms with Crippen LogP contribution in [0.5, 0.6) is 0 Å². The molecule has 1 aliphatic carbocycles. The largest absolute Gasteiger partial charge is 0.308 e. The SMILES string of the molecule is c1cc(CNC2CC2)ns1. The molecular weight excluding hydrogens is 144 g/mol. The van der Waals surface area contributed by atoms with Crippen LogP contribution in [0.1, 0.15) is 18.5 Å². The molecule has 1 N–H and O–H groups in total. The van der Waals surface area contributed by atoms with E-state index in [1.54, 1.807) is 0 Å². The Morgan fingerprint density at radius 2 is 2.60 bits per heavy atom. The summed E-state index contributed by atoms with van der Waals surface area (Å²) in [6.45, 7) is 0.953. The van der Waals surface area contributed by atoms with Gasteiger partial charge in [0.05, 0.1) is 5.69 Å². The Morgan fingerprint density at radius 1 is 1.70 bits per heavy atom. The quantitative estimate of drug-likeness (QED) is 0.711. The molecule has 0 atom stereocenters. The molecule has 0 aromatic carbocycles. The lowest BCUT2D eigenvalue weighted by Crippen LogP contribution is -2.15. The molecule has 0 unspecified atom stereocenters. The van der Waals surface area contributed by atoms with Crippen LogP contribution in [0.2, 0.25) is 0 Å². The van der Waals surface area contributed by atoms with Gasteiger partial charge in [0.2, 0.25) is 0 Å². The maximum Gasteiger partial charge on any atom is 0.0680 e. The summed E-state index contributed by atoms with van der Waals surface area (Å²) in [5.74, 6) is 0. The maximum atomic E-state index is 4.20. The van der Waals surface area contributed by atoms with Crippen LogP contribution in [0.3, 0.4) is 0 Å². The van der Waals surface area contributed by atoms with E-state index in [1.807, 2.05) is 5.38 Å². The molecule has 3 heteroatoms. The van der Waals surface area contributed by atoms with Crippen LogP contribution in [0.4, 0.5) is 0 Å². The molecule has 1 aromatic heterocycles. The fourth-order valence-electron chi connectivity index (χ4n) is 0.865. The Hall–Kier alpha value is -0.410. The van der Waals surface area contributed by atoms with Gasteiger partial charge in [0.25, 0.3) is 0 Å². The molecule has 0 amide bonds. The van der Waals surface area contributed by atoms with Crippen LogP contribution < -0.4 is 5.32 Å². The zero-order chi connectivity index (χ0) is 6.81. The lowest BCUT2D eigenvalue weighted by atomic mass is 10.4. The molecule has 2 rings (SSSR count). The van der Waals surface area contributed by atoms with E-state index in [0.29, 0.717) is 0 Å². The predicted octanol–water partition coefficient (Wildman–Crippen LogP) is 1.40. The van der Waals surface area contributed by atoms with Crippen LogP contribution in [0.15, 0.2) is 11.4 Å². The van der Waals surface area contributed by atoms with Crippen molar-refractivity contribution in [1.82, 2.24) is 9.69 Å². The van der Waals surface area contributed by atoms with Crippen molar-refractivity contribution in [2.45, 2.75) is 25.4 Å². The number of hydrogen-bond acceptors (Lipinski definition) is 3. The monoisotopic (exact) mass is 154 g/mol. The molecule has 1 saturated carbocycles. The molecule has 0 saturated heterocycles. The van der Waals surface area contributed by atoms with Crippen molar-refractivity contribution in [2.75, 3.05) is 0 Å². The summed E-state index contributed by atoms with van der Waals surface area (Å²) < 4.78 is 4.20. The Morgan fingerprint density at radius 3 is 3.20 bits per heavy atom. The van der Waals surface area contributed by atoms with Gasteiger partial charge in [-0.1, -0.05) is 0 Å². The molecule has 0 bridgehead atoms. The highest BCUT2D eigenvalue weighted by atomic mass is 32.1. The van der Waals surface area contributed by atoms with Crippen LogP contribution in [0, 0.1) is 0 Å². The first-order valence-corrected chi connectivity index (χ1v) is 4.41. The Balaban J connectivity index is 1.79. The zero-order valence-electron chi connectivity index (χ0n) is 5.71. The normalized spacial score (nSPS) is 17.6. The predicted molar refractivity (Wildman–Crippen MR) is 42.0 cm³/mol. The highest BCUT2D eigenvalue weighted by Crippen LogP contribution is 2.19. The van der Waals surface area contributed by atoms with Crippen LogP contribution in [-0.2, 0) is 6.54 Å². The molecule has 0 spiro atoms. The first-order chi connectivity index (χ1) is 4.95. The second-order valence-corrected chi connectivity index (χ2v) is 3.31. The molecule has 54 valence electrons. The number of aromatic nitrogens is 1. The average Bonchev–Trinajstić information content (AvgIpc) is 2.63. The molecule has 1 heterocycles. The molecule has 0 radical (unpaired) electrons. The summed E-state index contributed by atoms with van der Waals surface area (Å²) in [6.07, 6.45) is 2.70. The third-order valence-electron chi connectivity index (χ3n) is 1.64. The number of rotatable bonds is 3. The van der Waals surface area contributed by atoms with Gasteiger partial charge in [-0.25, -0.2) is 0 Å². The van der Waals surface area contributed by atoms with Gasteiger partial charge in [0, 0.05) is 18.0 Å². The second-order valence-electron chi connectivity index (χ2n) is 2.65. The standard InChI is InChI=1S/C7H10N2S/c1-2-6(1)8-5-7-3-4-10-9-7/h3-4,6,8H,1-2,5H2. The highest BCUT2D eigenvalue weighted by Gasteiger charge is 2.19. The van der Waals surface area contributed by atoms with E-state index in [0.717, 1.165) is 12.6 Å². The molecule has 10 heavy (non-hydrogen) atoms. The van der Waals surface area contributed by atoms with E-state index < -0.39 is 0 Å². The number of nitrogens with one attached hydrogen (secondary N) is 1. The summed E-state index contributed by atoms with van der Waals surface area (Å²) in [4.78, 5) is 0. The summed E-state index contributed by atoms with van der Waals surface area (Å²) in [6, 6.07) is 2.86. The maximum absolute atomic E-state index is 4.20. The topological polar surface area (TPSA) is 24.9 Å². The fraction of sp³-hybridized carbons (Fsp3) is 0.571. The smallest absolute Gasteiger partial charge is 0.0680 e. The highest BCUT2D eigenvalue weighted by molar-refractivity contribution is 7.03. The average molecular weight is 154 g/mol. The van der Waals surface area contributed by atoms with Crippen molar-refractivity contribution in [3.63, 3.8) is 0 Å². The van der Waals surface area contributed by atoms with Gasteiger partial charge in [-0.05, 0) is 30.4 Å². The van der Waals surface area contributed by atoms with Crippen molar-refractivity contribution in [2.24, 2.45) is 0 Å². The third-order valence-corrected chi connectivity index (χ3v) is 2.24. The molecule has 2 nitrogen and oxygen atoms in total.